The molecule has 1 aliphatic heterocycles. The summed E-state index contributed by atoms with van der Waals surface area (Å²) in [6.07, 6.45) is 4.53. The number of hydrogen-bond donors (Lipinski definition) is 1. The van der Waals surface area contributed by atoms with Crippen molar-refractivity contribution in [2.75, 3.05) is 13.1 Å². The molecule has 0 aliphatic carbocycles. The lowest BCUT2D eigenvalue weighted by Crippen LogP contribution is -2.41. The van der Waals surface area contributed by atoms with Crippen molar-refractivity contribution in [3.05, 3.63) is 59.9 Å². The van der Waals surface area contributed by atoms with Gasteiger partial charge < -0.3 is 5.32 Å². The summed E-state index contributed by atoms with van der Waals surface area (Å²) in [5, 5.41) is 2.95. The lowest BCUT2D eigenvalue weighted by molar-refractivity contribution is 0.0910. The summed E-state index contributed by atoms with van der Waals surface area (Å²) in [6, 6.07) is 11.7. The number of hydrogen-bond acceptors (Lipinski definition) is 4. The maximum atomic E-state index is 12.7. The van der Waals surface area contributed by atoms with Crippen LogP contribution >= 0.6 is 0 Å². The number of nitrogens with one attached hydrogen (secondary N) is 1. The van der Waals surface area contributed by atoms with Crippen molar-refractivity contribution in [1.82, 2.24) is 14.6 Å². The van der Waals surface area contributed by atoms with Crippen molar-refractivity contribution in [3.63, 3.8) is 0 Å². The fraction of sp³-hybridized carbons (Fsp3) is 0.400. The van der Waals surface area contributed by atoms with E-state index in [1.807, 2.05) is 32.0 Å². The van der Waals surface area contributed by atoms with Crippen LogP contribution < -0.4 is 5.32 Å². The second-order valence-corrected chi connectivity index (χ2v) is 9.22. The third-order valence-corrected chi connectivity index (χ3v) is 6.71. The molecule has 0 saturated carbocycles. The highest BCUT2D eigenvalue weighted by atomic mass is 32.2. The zero-order valence-corrected chi connectivity index (χ0v) is 16.5. The zero-order chi connectivity index (χ0) is 19.5. The molecule has 2 aromatic rings. The average Bonchev–Trinajstić information content (AvgIpc) is 2.69. The molecule has 6 nitrogen and oxygen atoms in total. The first-order chi connectivity index (χ1) is 12.8. The highest BCUT2D eigenvalue weighted by Gasteiger charge is 2.27. The van der Waals surface area contributed by atoms with Crippen LogP contribution in [-0.2, 0) is 15.6 Å². The SMILES string of the molecule is CC(C)(NC(=O)c1ccc(S(=O)(=O)N2CCCCC2)cc1)c1ccccn1. The molecule has 1 fully saturated rings. The van der Waals surface area contributed by atoms with Gasteiger partial charge in [-0.3, -0.25) is 9.78 Å². The number of benzene rings is 1. The second kappa shape index (κ2) is 7.78. The van der Waals surface area contributed by atoms with Crippen LogP contribution in [0.1, 0.15) is 49.2 Å². The molecular formula is C20H25N3O3S. The van der Waals surface area contributed by atoms with Gasteiger partial charge in [-0.15, -0.1) is 0 Å². The third kappa shape index (κ3) is 4.36. The summed E-state index contributed by atoms with van der Waals surface area (Å²) in [6.45, 7) is 4.87. The number of aromatic nitrogens is 1. The predicted octanol–water partition coefficient (Wildman–Crippen LogP) is 2.92. The van der Waals surface area contributed by atoms with Gasteiger partial charge in [0, 0.05) is 24.8 Å². The average molecular weight is 388 g/mol. The second-order valence-electron chi connectivity index (χ2n) is 7.28. The Morgan fingerprint density at radius 2 is 1.70 bits per heavy atom. The smallest absolute Gasteiger partial charge is 0.252 e. The van der Waals surface area contributed by atoms with Gasteiger partial charge in [-0.1, -0.05) is 12.5 Å². The van der Waals surface area contributed by atoms with E-state index in [-0.39, 0.29) is 10.8 Å². The van der Waals surface area contributed by atoms with Gasteiger partial charge in [-0.05, 0) is 63.1 Å². The highest BCUT2D eigenvalue weighted by Crippen LogP contribution is 2.22. The number of carbonyl (C=O) groups excluding carboxylic acids is 1. The van der Waals surface area contributed by atoms with Crippen LogP contribution in [0.4, 0.5) is 0 Å². The Kier molecular flexibility index (Phi) is 5.62. The number of piperidine rings is 1. The minimum atomic E-state index is -3.49. The number of carbonyl (C=O) groups is 1. The molecule has 0 atom stereocenters. The molecule has 1 saturated heterocycles. The van der Waals surface area contributed by atoms with Crippen molar-refractivity contribution >= 4 is 15.9 Å². The molecule has 1 amide bonds. The molecule has 27 heavy (non-hydrogen) atoms. The monoisotopic (exact) mass is 387 g/mol. The van der Waals surface area contributed by atoms with Crippen LogP contribution in [0.15, 0.2) is 53.6 Å². The van der Waals surface area contributed by atoms with Gasteiger partial charge in [0.15, 0.2) is 0 Å². The molecule has 1 aliphatic rings. The molecule has 0 bridgehead atoms. The van der Waals surface area contributed by atoms with Crippen molar-refractivity contribution in [3.8, 4) is 0 Å². The maximum absolute atomic E-state index is 12.7. The molecule has 144 valence electrons. The van der Waals surface area contributed by atoms with Crippen LogP contribution in [0.5, 0.6) is 0 Å². The van der Waals surface area contributed by atoms with Crippen LogP contribution in [0, 0.1) is 0 Å². The number of nitrogens with zero attached hydrogens (tertiary/aromatic N) is 2. The molecule has 7 heteroatoms. The van der Waals surface area contributed by atoms with E-state index in [1.165, 1.54) is 16.4 Å². The van der Waals surface area contributed by atoms with Crippen LogP contribution in [0.25, 0.3) is 0 Å². The molecule has 2 heterocycles. The van der Waals surface area contributed by atoms with E-state index in [9.17, 15) is 13.2 Å². The van der Waals surface area contributed by atoms with E-state index in [4.69, 9.17) is 0 Å². The zero-order valence-electron chi connectivity index (χ0n) is 15.7. The molecule has 1 aromatic heterocycles. The van der Waals surface area contributed by atoms with Gasteiger partial charge in [0.1, 0.15) is 0 Å². The fourth-order valence-corrected chi connectivity index (χ4v) is 4.70. The first-order valence-corrected chi connectivity index (χ1v) is 10.6. The van der Waals surface area contributed by atoms with Crippen molar-refractivity contribution in [2.24, 2.45) is 0 Å². The van der Waals surface area contributed by atoms with Gasteiger partial charge in [0.05, 0.1) is 16.1 Å². The first kappa shape index (κ1) is 19.5. The first-order valence-electron chi connectivity index (χ1n) is 9.15. The molecule has 0 spiro atoms. The van der Waals surface area contributed by atoms with Crippen LogP contribution in [0.2, 0.25) is 0 Å². The van der Waals surface area contributed by atoms with E-state index >= 15 is 0 Å². The fourth-order valence-electron chi connectivity index (χ4n) is 3.19. The van der Waals surface area contributed by atoms with Gasteiger partial charge in [-0.25, -0.2) is 8.42 Å². The lowest BCUT2D eigenvalue weighted by Gasteiger charge is -2.26. The van der Waals surface area contributed by atoms with Crippen LogP contribution in [-0.4, -0.2) is 36.7 Å². The summed E-state index contributed by atoms with van der Waals surface area (Å²) in [5.74, 6) is -0.271. The van der Waals surface area contributed by atoms with Gasteiger partial charge in [-0.2, -0.15) is 4.31 Å². The topological polar surface area (TPSA) is 79.4 Å². The Morgan fingerprint density at radius 1 is 1.04 bits per heavy atom. The summed E-state index contributed by atoms with van der Waals surface area (Å²) in [5.41, 5.74) is 0.524. The van der Waals surface area contributed by atoms with Crippen molar-refractivity contribution < 1.29 is 13.2 Å². The summed E-state index contributed by atoms with van der Waals surface area (Å²) in [4.78, 5) is 17.1. The maximum Gasteiger partial charge on any atom is 0.252 e. The number of pyridine rings is 1. The minimum Gasteiger partial charge on any atom is -0.342 e. The lowest BCUT2D eigenvalue weighted by atomic mass is 9.99. The summed E-state index contributed by atoms with van der Waals surface area (Å²) >= 11 is 0. The Balaban J connectivity index is 1.74. The Labute approximate surface area is 160 Å². The Bertz CT molecular complexity index is 888. The van der Waals surface area contributed by atoms with E-state index in [0.717, 1.165) is 25.0 Å². The standard InChI is InChI=1S/C20H25N3O3S/c1-20(2,18-8-4-5-13-21-18)22-19(24)16-9-11-17(12-10-16)27(25,26)23-14-6-3-7-15-23/h4-5,8-13H,3,6-7,14-15H2,1-2H3,(H,22,24). The van der Waals surface area contributed by atoms with Gasteiger partial charge in [0.25, 0.3) is 5.91 Å². The van der Waals surface area contributed by atoms with E-state index < -0.39 is 15.6 Å². The van der Waals surface area contributed by atoms with Gasteiger partial charge >= 0.3 is 0 Å². The third-order valence-electron chi connectivity index (χ3n) is 4.80. The molecule has 0 unspecified atom stereocenters. The highest BCUT2D eigenvalue weighted by molar-refractivity contribution is 7.89. The Morgan fingerprint density at radius 3 is 2.30 bits per heavy atom. The molecule has 0 radical (unpaired) electrons. The normalized spacial score (nSPS) is 16.1. The van der Waals surface area contributed by atoms with Crippen molar-refractivity contribution in [1.29, 1.82) is 0 Å². The minimum absolute atomic E-state index is 0.227. The summed E-state index contributed by atoms with van der Waals surface area (Å²) in [7, 11) is -3.49. The molecule has 1 aromatic carbocycles. The molecule has 1 N–H and O–H groups in total. The number of sulfonamides is 1. The van der Waals surface area contributed by atoms with Crippen molar-refractivity contribution in [2.45, 2.75) is 43.5 Å². The summed E-state index contributed by atoms with van der Waals surface area (Å²) < 4.78 is 26.9. The quantitative estimate of drug-likeness (QED) is 0.855. The molecule has 3 rings (SSSR count). The van der Waals surface area contributed by atoms with E-state index in [0.29, 0.717) is 18.7 Å². The number of amides is 1. The van der Waals surface area contributed by atoms with Crippen LogP contribution in [0.3, 0.4) is 0 Å². The largest absolute Gasteiger partial charge is 0.342 e. The predicted molar refractivity (Wildman–Crippen MR) is 104 cm³/mol. The molecular weight excluding hydrogens is 362 g/mol. The van der Waals surface area contributed by atoms with E-state index in [2.05, 4.69) is 10.3 Å². The Hall–Kier alpha value is -2.25. The van der Waals surface area contributed by atoms with Gasteiger partial charge in [0.2, 0.25) is 10.0 Å². The van der Waals surface area contributed by atoms with E-state index in [1.54, 1.807) is 18.3 Å². The number of rotatable bonds is 5.